The summed E-state index contributed by atoms with van der Waals surface area (Å²) in [5.41, 5.74) is 5.92. The summed E-state index contributed by atoms with van der Waals surface area (Å²) >= 11 is 0. The second-order valence-corrected chi connectivity index (χ2v) is 4.84. The van der Waals surface area contributed by atoms with Gasteiger partial charge in [-0.15, -0.1) is 0 Å². The lowest BCUT2D eigenvalue weighted by atomic mass is 9.99. The number of nitrogens with two attached hydrogens (primary N) is 1. The zero-order valence-electron chi connectivity index (χ0n) is 10.2. The van der Waals surface area contributed by atoms with Gasteiger partial charge in [0, 0.05) is 25.6 Å². The third kappa shape index (κ3) is 1.97. The summed E-state index contributed by atoms with van der Waals surface area (Å²) in [7, 11) is 0. The van der Waals surface area contributed by atoms with Crippen molar-refractivity contribution in [1.29, 1.82) is 0 Å². The fourth-order valence-corrected chi connectivity index (χ4v) is 2.09. The minimum atomic E-state index is -0.429. The Balaban J connectivity index is 2.14. The summed E-state index contributed by atoms with van der Waals surface area (Å²) < 4.78 is 5.13. The second-order valence-electron chi connectivity index (χ2n) is 4.84. The number of nitrogens with zero attached hydrogens (tertiary/aromatic N) is 3. The molecule has 0 aliphatic carbocycles. The van der Waals surface area contributed by atoms with Crippen LogP contribution in [-0.4, -0.2) is 34.2 Å². The summed E-state index contributed by atoms with van der Waals surface area (Å²) in [6.45, 7) is 8.17. The number of aryl methyl sites for hydroxylation is 1. The van der Waals surface area contributed by atoms with Crippen molar-refractivity contribution in [2.75, 3.05) is 13.1 Å². The van der Waals surface area contributed by atoms with Gasteiger partial charge in [0.05, 0.1) is 5.54 Å². The van der Waals surface area contributed by atoms with Crippen molar-refractivity contribution < 1.29 is 4.52 Å². The maximum Gasteiger partial charge on any atom is 0.226 e. The zero-order chi connectivity index (χ0) is 11.8. The van der Waals surface area contributed by atoms with Crippen LogP contribution in [0.15, 0.2) is 4.52 Å². The van der Waals surface area contributed by atoms with Crippen molar-refractivity contribution in [3.8, 4) is 0 Å². The maximum atomic E-state index is 6.35. The van der Waals surface area contributed by atoms with Crippen molar-refractivity contribution in [2.45, 2.75) is 45.2 Å². The first-order valence-electron chi connectivity index (χ1n) is 5.91. The van der Waals surface area contributed by atoms with Crippen molar-refractivity contribution in [1.82, 2.24) is 15.0 Å². The molecule has 0 spiro atoms. The van der Waals surface area contributed by atoms with Crippen molar-refractivity contribution in [3.05, 3.63) is 11.7 Å². The zero-order valence-corrected chi connectivity index (χ0v) is 10.2. The lowest BCUT2D eigenvalue weighted by Crippen LogP contribution is -2.42. The molecule has 1 aromatic heterocycles. The van der Waals surface area contributed by atoms with E-state index in [0.717, 1.165) is 25.9 Å². The summed E-state index contributed by atoms with van der Waals surface area (Å²) in [4.78, 5) is 6.70. The normalized spacial score (nSPS) is 26.8. The van der Waals surface area contributed by atoms with Crippen LogP contribution in [0.25, 0.3) is 0 Å². The summed E-state index contributed by atoms with van der Waals surface area (Å²) in [6, 6.07) is 0.517. The molecule has 1 unspecified atom stereocenters. The predicted octanol–water partition coefficient (Wildman–Crippen LogP) is 0.900. The molecular formula is C11H20N4O. The number of rotatable bonds is 3. The smallest absolute Gasteiger partial charge is 0.226 e. The fraction of sp³-hybridized carbons (Fsp3) is 0.818. The van der Waals surface area contributed by atoms with Crippen molar-refractivity contribution >= 4 is 0 Å². The van der Waals surface area contributed by atoms with E-state index in [1.54, 1.807) is 0 Å². The monoisotopic (exact) mass is 224 g/mol. The molecule has 0 aromatic carbocycles. The highest BCUT2D eigenvalue weighted by Crippen LogP contribution is 2.28. The first-order chi connectivity index (χ1) is 7.55. The number of hydrogen-bond donors (Lipinski definition) is 1. The van der Waals surface area contributed by atoms with E-state index in [1.807, 2.05) is 6.92 Å². The van der Waals surface area contributed by atoms with E-state index in [-0.39, 0.29) is 0 Å². The molecule has 16 heavy (non-hydrogen) atoms. The Morgan fingerprint density at radius 1 is 1.56 bits per heavy atom. The maximum absolute atomic E-state index is 6.35. The Morgan fingerprint density at radius 3 is 2.81 bits per heavy atom. The van der Waals surface area contributed by atoms with E-state index in [0.29, 0.717) is 17.8 Å². The van der Waals surface area contributed by atoms with Gasteiger partial charge in [-0.25, -0.2) is 0 Å². The fourth-order valence-electron chi connectivity index (χ4n) is 2.09. The number of aromatic nitrogens is 2. The highest BCUT2D eigenvalue weighted by Gasteiger charge is 2.40. The Kier molecular flexibility index (Phi) is 2.99. The summed E-state index contributed by atoms with van der Waals surface area (Å²) in [5.74, 6) is 1.33. The standard InChI is InChI=1S/C11H20N4O/c1-4-9-13-10(14-16-9)11(12)5-6-15(7-11)8(2)3/h8H,4-7,12H2,1-3H3. The average molecular weight is 224 g/mol. The Hall–Kier alpha value is -0.940. The van der Waals surface area contributed by atoms with Crippen LogP contribution in [-0.2, 0) is 12.0 Å². The van der Waals surface area contributed by atoms with Gasteiger partial charge >= 0.3 is 0 Å². The molecule has 5 nitrogen and oxygen atoms in total. The first-order valence-corrected chi connectivity index (χ1v) is 5.91. The highest BCUT2D eigenvalue weighted by molar-refractivity contribution is 5.09. The molecule has 1 aliphatic rings. The predicted molar refractivity (Wildman–Crippen MR) is 60.9 cm³/mol. The van der Waals surface area contributed by atoms with Crippen molar-refractivity contribution in [2.24, 2.45) is 5.73 Å². The largest absolute Gasteiger partial charge is 0.339 e. The van der Waals surface area contributed by atoms with Gasteiger partial charge in [0.2, 0.25) is 5.89 Å². The van der Waals surface area contributed by atoms with Crippen LogP contribution >= 0.6 is 0 Å². The van der Waals surface area contributed by atoms with Gasteiger partial charge in [-0.1, -0.05) is 12.1 Å². The lowest BCUT2D eigenvalue weighted by Gasteiger charge is -2.23. The minimum absolute atomic E-state index is 0.429. The molecule has 1 aromatic rings. The quantitative estimate of drug-likeness (QED) is 0.826. The van der Waals surface area contributed by atoms with Crippen LogP contribution in [0.2, 0.25) is 0 Å². The summed E-state index contributed by atoms with van der Waals surface area (Å²) in [6.07, 6.45) is 1.66. The second kappa shape index (κ2) is 4.14. The molecule has 1 aliphatic heterocycles. The number of likely N-dealkylation sites (tertiary alicyclic amines) is 1. The van der Waals surface area contributed by atoms with E-state index in [9.17, 15) is 0 Å². The van der Waals surface area contributed by atoms with Gasteiger partial charge in [0.1, 0.15) is 0 Å². The molecule has 2 rings (SSSR count). The van der Waals surface area contributed by atoms with Gasteiger partial charge in [0.25, 0.3) is 0 Å². The van der Waals surface area contributed by atoms with E-state index >= 15 is 0 Å². The van der Waals surface area contributed by atoms with Gasteiger partial charge < -0.3 is 10.3 Å². The van der Waals surface area contributed by atoms with Crippen LogP contribution < -0.4 is 5.73 Å². The molecule has 1 atom stereocenters. The Labute approximate surface area is 96.0 Å². The van der Waals surface area contributed by atoms with E-state index in [1.165, 1.54) is 0 Å². The molecule has 1 saturated heterocycles. The summed E-state index contributed by atoms with van der Waals surface area (Å²) in [5, 5.41) is 4.00. The topological polar surface area (TPSA) is 68.2 Å². The Bertz CT molecular complexity index is 363. The lowest BCUT2D eigenvalue weighted by molar-refractivity contribution is 0.252. The van der Waals surface area contributed by atoms with Crippen LogP contribution in [0.1, 0.15) is 38.9 Å². The third-order valence-electron chi connectivity index (χ3n) is 3.28. The minimum Gasteiger partial charge on any atom is -0.339 e. The van der Waals surface area contributed by atoms with Crippen LogP contribution in [0.5, 0.6) is 0 Å². The van der Waals surface area contributed by atoms with Crippen molar-refractivity contribution in [3.63, 3.8) is 0 Å². The Morgan fingerprint density at radius 2 is 2.31 bits per heavy atom. The molecule has 90 valence electrons. The van der Waals surface area contributed by atoms with Gasteiger partial charge in [-0.05, 0) is 20.3 Å². The molecular weight excluding hydrogens is 204 g/mol. The van der Waals surface area contributed by atoms with Gasteiger partial charge in [-0.2, -0.15) is 4.98 Å². The first kappa shape index (κ1) is 11.5. The molecule has 5 heteroatoms. The molecule has 2 N–H and O–H groups in total. The van der Waals surface area contributed by atoms with E-state index in [4.69, 9.17) is 10.3 Å². The molecule has 0 radical (unpaired) electrons. The third-order valence-corrected chi connectivity index (χ3v) is 3.28. The van der Waals surface area contributed by atoms with Crippen LogP contribution in [0.4, 0.5) is 0 Å². The average Bonchev–Trinajstić information content (AvgIpc) is 2.84. The molecule has 2 heterocycles. The molecule has 0 bridgehead atoms. The molecule has 0 amide bonds. The number of hydrogen-bond acceptors (Lipinski definition) is 5. The van der Waals surface area contributed by atoms with Crippen LogP contribution in [0, 0.1) is 0 Å². The van der Waals surface area contributed by atoms with Gasteiger partial charge in [-0.3, -0.25) is 4.90 Å². The SMILES string of the molecule is CCc1nc(C2(N)CCN(C(C)C)C2)no1. The van der Waals surface area contributed by atoms with E-state index < -0.39 is 5.54 Å². The highest BCUT2D eigenvalue weighted by atomic mass is 16.5. The van der Waals surface area contributed by atoms with Crippen LogP contribution in [0.3, 0.4) is 0 Å². The van der Waals surface area contributed by atoms with E-state index in [2.05, 4.69) is 28.9 Å². The van der Waals surface area contributed by atoms with Gasteiger partial charge in [0.15, 0.2) is 5.82 Å². The molecule has 0 saturated carbocycles. The molecule has 1 fully saturated rings.